The van der Waals surface area contributed by atoms with Gasteiger partial charge in [-0.25, -0.2) is 4.73 Å². The minimum atomic E-state index is -0.811. The van der Waals surface area contributed by atoms with E-state index in [9.17, 15) is 5.21 Å². The number of anilines is 3. The van der Waals surface area contributed by atoms with Gasteiger partial charge in [0.25, 0.3) is 5.82 Å². The van der Waals surface area contributed by atoms with Crippen LogP contribution < -0.4 is 21.9 Å². The summed E-state index contributed by atoms with van der Waals surface area (Å²) in [5.41, 5.74) is 15.4. The highest BCUT2D eigenvalue weighted by molar-refractivity contribution is 5.68. The first kappa shape index (κ1) is 7.19. The van der Waals surface area contributed by atoms with Crippen LogP contribution in [0.25, 0.3) is 0 Å². The first-order valence-electron chi connectivity index (χ1n) is 2.67. The van der Waals surface area contributed by atoms with Crippen LogP contribution >= 0.6 is 0 Å². The van der Waals surface area contributed by atoms with E-state index in [0.717, 1.165) is 0 Å². The highest BCUT2D eigenvalue weighted by Gasteiger charge is 2.14. The SMILES string of the molecule is Nc1nc(O)[n+]([O-])c(N)c1N. The lowest BCUT2D eigenvalue weighted by Crippen LogP contribution is -2.33. The van der Waals surface area contributed by atoms with Crippen LogP contribution in [-0.4, -0.2) is 10.1 Å². The topological polar surface area (TPSA) is 138 Å². The maximum Gasteiger partial charge on any atom is 0.434 e. The van der Waals surface area contributed by atoms with Crippen LogP contribution in [0.4, 0.5) is 17.3 Å². The summed E-state index contributed by atoms with van der Waals surface area (Å²) in [6.45, 7) is 0. The van der Waals surface area contributed by atoms with E-state index in [1.807, 2.05) is 0 Å². The van der Waals surface area contributed by atoms with Gasteiger partial charge in [-0.3, -0.25) is 0 Å². The molecule has 0 amide bonds. The van der Waals surface area contributed by atoms with Crippen LogP contribution in [0.5, 0.6) is 6.01 Å². The maximum atomic E-state index is 10.7. The molecular formula is C4H7N5O2. The lowest BCUT2D eigenvalue weighted by atomic mass is 10.4. The van der Waals surface area contributed by atoms with Crippen LogP contribution in [0.1, 0.15) is 0 Å². The highest BCUT2D eigenvalue weighted by atomic mass is 16.5. The zero-order valence-corrected chi connectivity index (χ0v) is 5.48. The zero-order chi connectivity index (χ0) is 8.59. The van der Waals surface area contributed by atoms with Crippen LogP contribution in [0.15, 0.2) is 0 Å². The predicted molar refractivity (Wildman–Crippen MR) is 38.1 cm³/mol. The van der Waals surface area contributed by atoms with E-state index < -0.39 is 6.01 Å². The van der Waals surface area contributed by atoms with Crippen molar-refractivity contribution < 1.29 is 9.84 Å². The fourth-order valence-corrected chi connectivity index (χ4v) is 0.562. The Labute approximate surface area is 61.6 Å². The van der Waals surface area contributed by atoms with Crippen molar-refractivity contribution in [2.24, 2.45) is 0 Å². The van der Waals surface area contributed by atoms with Gasteiger partial charge < -0.3 is 27.5 Å². The molecule has 1 heterocycles. The van der Waals surface area contributed by atoms with E-state index in [1.165, 1.54) is 0 Å². The van der Waals surface area contributed by atoms with Gasteiger partial charge in [0.15, 0.2) is 5.69 Å². The summed E-state index contributed by atoms with van der Waals surface area (Å²) >= 11 is 0. The fourth-order valence-electron chi connectivity index (χ4n) is 0.562. The van der Waals surface area contributed by atoms with Gasteiger partial charge in [-0.2, -0.15) is 0 Å². The first-order chi connectivity index (χ1) is 5.04. The number of aromatic hydroxyl groups is 1. The van der Waals surface area contributed by atoms with E-state index in [4.69, 9.17) is 22.3 Å². The van der Waals surface area contributed by atoms with Gasteiger partial charge in [-0.1, -0.05) is 0 Å². The van der Waals surface area contributed by atoms with E-state index in [0.29, 0.717) is 0 Å². The number of hydrogen-bond acceptors (Lipinski definition) is 6. The summed E-state index contributed by atoms with van der Waals surface area (Å²) in [6, 6.07) is -0.811. The van der Waals surface area contributed by atoms with Gasteiger partial charge in [0.2, 0.25) is 5.82 Å². The van der Waals surface area contributed by atoms with Gasteiger partial charge in [0, 0.05) is 0 Å². The van der Waals surface area contributed by atoms with Crippen molar-refractivity contribution in [2.75, 3.05) is 17.2 Å². The lowest BCUT2D eigenvalue weighted by Gasteiger charge is -2.08. The Balaban J connectivity index is 3.46. The smallest absolute Gasteiger partial charge is 0.434 e. The molecule has 0 atom stereocenters. The van der Waals surface area contributed by atoms with Crippen molar-refractivity contribution in [3.63, 3.8) is 0 Å². The van der Waals surface area contributed by atoms with Crippen LogP contribution in [0, 0.1) is 5.21 Å². The Morgan fingerprint density at radius 2 is 1.91 bits per heavy atom. The van der Waals surface area contributed by atoms with Crippen molar-refractivity contribution in [2.45, 2.75) is 0 Å². The van der Waals surface area contributed by atoms with Gasteiger partial charge >= 0.3 is 6.01 Å². The molecule has 0 unspecified atom stereocenters. The molecule has 7 heteroatoms. The second kappa shape index (κ2) is 2.04. The predicted octanol–water partition coefficient (Wildman–Crippen LogP) is -1.83. The minimum absolute atomic E-state index is 0.00824. The van der Waals surface area contributed by atoms with Gasteiger partial charge in [-0.05, 0) is 4.98 Å². The molecule has 0 radical (unpaired) electrons. The first-order valence-corrected chi connectivity index (χ1v) is 2.67. The average Bonchev–Trinajstić information content (AvgIpc) is 1.97. The molecule has 0 fully saturated rings. The minimum Gasteiger partial charge on any atom is -0.738 e. The molecule has 0 aliphatic heterocycles. The number of hydrogen-bond donors (Lipinski definition) is 4. The maximum absolute atomic E-state index is 10.7. The van der Waals surface area contributed by atoms with Gasteiger partial charge in [0.05, 0.1) is 0 Å². The number of nitrogen functional groups attached to an aromatic ring is 3. The third-order valence-corrected chi connectivity index (χ3v) is 1.17. The van der Waals surface area contributed by atoms with Crippen LogP contribution in [-0.2, 0) is 0 Å². The molecule has 11 heavy (non-hydrogen) atoms. The summed E-state index contributed by atoms with van der Waals surface area (Å²) in [7, 11) is 0. The van der Waals surface area contributed by atoms with E-state index in [2.05, 4.69) is 4.98 Å². The van der Waals surface area contributed by atoms with Crippen LogP contribution in [0.2, 0.25) is 0 Å². The summed E-state index contributed by atoms with van der Waals surface area (Å²) in [6.07, 6.45) is 0. The van der Waals surface area contributed by atoms with Crippen molar-refractivity contribution in [1.82, 2.24) is 4.98 Å². The quantitative estimate of drug-likeness (QED) is 0.258. The van der Waals surface area contributed by atoms with E-state index in [-0.39, 0.29) is 22.1 Å². The monoisotopic (exact) mass is 157 g/mol. The summed E-state index contributed by atoms with van der Waals surface area (Å²) in [4.78, 5) is 3.21. The molecule has 0 bridgehead atoms. The molecule has 0 aliphatic rings. The van der Waals surface area contributed by atoms with Crippen molar-refractivity contribution >= 4 is 17.3 Å². The Bertz CT molecular complexity index is 273. The second-order valence-electron chi connectivity index (χ2n) is 1.89. The molecule has 1 rings (SSSR count). The van der Waals surface area contributed by atoms with Crippen molar-refractivity contribution in [1.29, 1.82) is 0 Å². The molecule has 0 saturated heterocycles. The Morgan fingerprint density at radius 1 is 1.36 bits per heavy atom. The fraction of sp³-hybridized carbons (Fsp3) is 0. The normalized spacial score (nSPS) is 9.82. The lowest BCUT2D eigenvalue weighted by molar-refractivity contribution is -0.601. The second-order valence-corrected chi connectivity index (χ2v) is 1.89. The van der Waals surface area contributed by atoms with E-state index >= 15 is 0 Å². The molecule has 7 N–H and O–H groups in total. The molecule has 0 aromatic carbocycles. The van der Waals surface area contributed by atoms with Crippen molar-refractivity contribution in [3.8, 4) is 6.01 Å². The molecule has 0 aliphatic carbocycles. The summed E-state index contributed by atoms with van der Waals surface area (Å²) in [5.74, 6) is -0.512. The molecule has 0 saturated carbocycles. The molecule has 1 aromatic rings. The average molecular weight is 157 g/mol. The molecule has 1 aromatic heterocycles. The largest absolute Gasteiger partial charge is 0.738 e. The Kier molecular flexibility index (Phi) is 1.34. The number of rotatable bonds is 0. The van der Waals surface area contributed by atoms with E-state index in [1.54, 1.807) is 0 Å². The Hall–Kier alpha value is -1.92. The molecular weight excluding hydrogens is 150 g/mol. The zero-order valence-electron chi connectivity index (χ0n) is 5.48. The Morgan fingerprint density at radius 3 is 2.45 bits per heavy atom. The molecule has 0 spiro atoms. The number of aromatic nitrogens is 2. The highest BCUT2D eigenvalue weighted by Crippen LogP contribution is 2.17. The standard InChI is InChI=1S/C4H7N5O2/c5-1-2(6)8-4(10)9(11)3(1)7/h5,7H2,(H3,6,8,10). The molecule has 7 nitrogen and oxygen atoms in total. The number of nitrogens with zero attached hydrogens (tertiary/aromatic N) is 2. The van der Waals surface area contributed by atoms with Crippen LogP contribution in [0.3, 0.4) is 0 Å². The third-order valence-electron chi connectivity index (χ3n) is 1.17. The van der Waals surface area contributed by atoms with Crippen molar-refractivity contribution in [3.05, 3.63) is 5.21 Å². The summed E-state index contributed by atoms with van der Waals surface area (Å²) in [5, 5.41) is 19.4. The van der Waals surface area contributed by atoms with Gasteiger partial charge in [0.1, 0.15) is 0 Å². The number of nitrogens with two attached hydrogens (primary N) is 3. The van der Waals surface area contributed by atoms with Gasteiger partial charge in [-0.15, -0.1) is 0 Å². The third kappa shape index (κ3) is 0.914. The summed E-state index contributed by atoms with van der Waals surface area (Å²) < 4.78 is -0.00824. The molecule has 60 valence electrons.